The van der Waals surface area contributed by atoms with Gasteiger partial charge in [-0.05, 0) is 38.6 Å². The molecule has 15 heavy (non-hydrogen) atoms. The van der Waals surface area contributed by atoms with E-state index in [9.17, 15) is 9.90 Å². The van der Waals surface area contributed by atoms with Gasteiger partial charge in [0.2, 0.25) is 0 Å². The highest BCUT2D eigenvalue weighted by Gasteiger charge is 2.57. The van der Waals surface area contributed by atoms with Gasteiger partial charge in [-0.2, -0.15) is 0 Å². The molecule has 1 heterocycles. The molecule has 4 heteroatoms. The summed E-state index contributed by atoms with van der Waals surface area (Å²) in [5.74, 6) is -0.171. The van der Waals surface area contributed by atoms with Gasteiger partial charge in [0.1, 0.15) is 0 Å². The van der Waals surface area contributed by atoms with Crippen LogP contribution in [0.25, 0.3) is 0 Å². The SMILES string of the molecule is CNC(C1CCOCC1)C1(C(=O)O)CC1. The molecule has 1 saturated carbocycles. The van der Waals surface area contributed by atoms with Crippen molar-refractivity contribution in [3.05, 3.63) is 0 Å². The van der Waals surface area contributed by atoms with E-state index < -0.39 is 11.4 Å². The van der Waals surface area contributed by atoms with Gasteiger partial charge in [-0.25, -0.2) is 0 Å². The second-order valence-corrected chi connectivity index (χ2v) is 4.68. The molecule has 0 aromatic rings. The van der Waals surface area contributed by atoms with Crippen LogP contribution in [-0.4, -0.2) is 37.4 Å². The second-order valence-electron chi connectivity index (χ2n) is 4.68. The van der Waals surface area contributed by atoms with Crippen LogP contribution in [0.1, 0.15) is 25.7 Å². The molecule has 2 N–H and O–H groups in total. The maximum Gasteiger partial charge on any atom is 0.311 e. The van der Waals surface area contributed by atoms with Crippen molar-refractivity contribution in [3.8, 4) is 0 Å². The number of hydrogen-bond donors (Lipinski definition) is 2. The Morgan fingerprint density at radius 1 is 1.47 bits per heavy atom. The first-order chi connectivity index (χ1) is 7.20. The third-order valence-corrected chi connectivity index (χ3v) is 3.86. The largest absolute Gasteiger partial charge is 0.481 e. The monoisotopic (exact) mass is 213 g/mol. The third-order valence-electron chi connectivity index (χ3n) is 3.86. The molecule has 4 nitrogen and oxygen atoms in total. The molecule has 1 aliphatic carbocycles. The fraction of sp³-hybridized carbons (Fsp3) is 0.909. The van der Waals surface area contributed by atoms with Gasteiger partial charge < -0.3 is 15.2 Å². The fourth-order valence-electron chi connectivity index (χ4n) is 2.80. The lowest BCUT2D eigenvalue weighted by Gasteiger charge is -2.34. The minimum atomic E-state index is -0.631. The van der Waals surface area contributed by atoms with E-state index in [0.29, 0.717) is 5.92 Å². The normalized spacial score (nSPS) is 27.3. The Morgan fingerprint density at radius 3 is 2.47 bits per heavy atom. The second kappa shape index (κ2) is 4.10. The van der Waals surface area contributed by atoms with Crippen LogP contribution < -0.4 is 5.32 Å². The van der Waals surface area contributed by atoms with E-state index in [1.807, 2.05) is 7.05 Å². The lowest BCUT2D eigenvalue weighted by Crippen LogP contribution is -2.47. The van der Waals surface area contributed by atoms with Gasteiger partial charge in [0, 0.05) is 19.3 Å². The lowest BCUT2D eigenvalue weighted by molar-refractivity contribution is -0.145. The van der Waals surface area contributed by atoms with Crippen LogP contribution in [-0.2, 0) is 9.53 Å². The Labute approximate surface area is 90.0 Å². The van der Waals surface area contributed by atoms with E-state index in [0.717, 1.165) is 38.9 Å². The Kier molecular flexibility index (Phi) is 2.98. The summed E-state index contributed by atoms with van der Waals surface area (Å²) in [5.41, 5.74) is -0.475. The summed E-state index contributed by atoms with van der Waals surface area (Å²) >= 11 is 0. The van der Waals surface area contributed by atoms with Crippen LogP contribution in [0.4, 0.5) is 0 Å². The van der Waals surface area contributed by atoms with Gasteiger partial charge >= 0.3 is 5.97 Å². The number of carboxylic acids is 1. The topological polar surface area (TPSA) is 58.6 Å². The molecule has 1 atom stereocenters. The smallest absolute Gasteiger partial charge is 0.311 e. The Balaban J connectivity index is 2.06. The molecule has 0 aromatic carbocycles. The number of carbonyl (C=O) groups is 1. The zero-order valence-corrected chi connectivity index (χ0v) is 9.16. The molecule has 2 aliphatic rings. The van der Waals surface area contributed by atoms with Gasteiger partial charge in [0.15, 0.2) is 0 Å². The molecule has 2 fully saturated rings. The zero-order chi connectivity index (χ0) is 10.9. The zero-order valence-electron chi connectivity index (χ0n) is 9.16. The molecule has 86 valence electrons. The summed E-state index contributed by atoms with van der Waals surface area (Å²) in [4.78, 5) is 11.3. The fourth-order valence-corrected chi connectivity index (χ4v) is 2.80. The number of nitrogens with one attached hydrogen (secondary N) is 1. The highest BCUT2D eigenvalue weighted by atomic mass is 16.5. The van der Waals surface area contributed by atoms with Gasteiger partial charge in [-0.1, -0.05) is 0 Å². The van der Waals surface area contributed by atoms with E-state index >= 15 is 0 Å². The molecule has 0 bridgehead atoms. The minimum Gasteiger partial charge on any atom is -0.481 e. The van der Waals surface area contributed by atoms with Crippen molar-refractivity contribution in [1.82, 2.24) is 5.32 Å². The van der Waals surface area contributed by atoms with Gasteiger partial charge in [-0.3, -0.25) is 4.79 Å². The lowest BCUT2D eigenvalue weighted by atomic mass is 9.81. The van der Waals surface area contributed by atoms with Crippen molar-refractivity contribution in [3.63, 3.8) is 0 Å². The number of carboxylic acid groups (broad SMARTS) is 1. The highest BCUT2D eigenvalue weighted by Crippen LogP contribution is 2.52. The van der Waals surface area contributed by atoms with E-state index in [-0.39, 0.29) is 6.04 Å². The molecule has 1 aliphatic heterocycles. The van der Waals surface area contributed by atoms with E-state index in [2.05, 4.69) is 5.32 Å². The molecule has 1 unspecified atom stereocenters. The van der Waals surface area contributed by atoms with Crippen molar-refractivity contribution in [2.24, 2.45) is 11.3 Å². The molecule has 0 radical (unpaired) electrons. The maximum absolute atomic E-state index is 11.3. The van der Waals surface area contributed by atoms with Crippen molar-refractivity contribution in [1.29, 1.82) is 0 Å². The van der Waals surface area contributed by atoms with Gasteiger partial charge in [0.05, 0.1) is 5.41 Å². The summed E-state index contributed by atoms with van der Waals surface area (Å²) in [5, 5.41) is 12.5. The standard InChI is InChI=1S/C11H19NO3/c1-12-9(8-2-6-15-7-3-8)11(4-5-11)10(13)14/h8-9,12H,2-7H2,1H3,(H,13,14). The Morgan fingerprint density at radius 2 is 2.07 bits per heavy atom. The van der Waals surface area contributed by atoms with Crippen molar-refractivity contribution in [2.45, 2.75) is 31.7 Å². The van der Waals surface area contributed by atoms with Gasteiger partial charge in [-0.15, -0.1) is 0 Å². The third kappa shape index (κ3) is 1.88. The first kappa shape index (κ1) is 10.9. The number of rotatable bonds is 4. The van der Waals surface area contributed by atoms with Crippen LogP contribution in [0.3, 0.4) is 0 Å². The molecule has 0 amide bonds. The number of hydrogen-bond acceptors (Lipinski definition) is 3. The van der Waals surface area contributed by atoms with E-state index in [1.54, 1.807) is 0 Å². The molecule has 0 aromatic heterocycles. The summed E-state index contributed by atoms with van der Waals surface area (Å²) < 4.78 is 5.31. The quantitative estimate of drug-likeness (QED) is 0.727. The number of ether oxygens (including phenoxy) is 1. The summed E-state index contributed by atoms with van der Waals surface area (Å²) in [6.07, 6.45) is 3.62. The average molecular weight is 213 g/mol. The number of aliphatic carboxylic acids is 1. The molecule has 2 rings (SSSR count). The molecule has 1 saturated heterocycles. The summed E-state index contributed by atoms with van der Waals surface area (Å²) in [6.45, 7) is 1.55. The minimum absolute atomic E-state index is 0.124. The van der Waals surface area contributed by atoms with Crippen LogP contribution in [0, 0.1) is 11.3 Å². The first-order valence-electron chi connectivity index (χ1n) is 5.69. The van der Waals surface area contributed by atoms with Crippen LogP contribution in [0.5, 0.6) is 0 Å². The highest BCUT2D eigenvalue weighted by molar-refractivity contribution is 5.79. The van der Waals surface area contributed by atoms with Crippen molar-refractivity contribution < 1.29 is 14.6 Å². The Hall–Kier alpha value is -0.610. The van der Waals surface area contributed by atoms with Crippen LogP contribution in [0.2, 0.25) is 0 Å². The first-order valence-corrected chi connectivity index (χ1v) is 5.69. The van der Waals surface area contributed by atoms with Crippen molar-refractivity contribution >= 4 is 5.97 Å². The van der Waals surface area contributed by atoms with E-state index in [4.69, 9.17) is 4.74 Å². The predicted molar refractivity (Wildman–Crippen MR) is 55.7 cm³/mol. The molecular weight excluding hydrogens is 194 g/mol. The molecular formula is C11H19NO3. The van der Waals surface area contributed by atoms with Crippen LogP contribution in [0.15, 0.2) is 0 Å². The predicted octanol–water partition coefficient (Wildman–Crippen LogP) is 0.866. The maximum atomic E-state index is 11.3. The molecule has 0 spiro atoms. The summed E-state index contributed by atoms with van der Waals surface area (Å²) in [6, 6.07) is 0.124. The van der Waals surface area contributed by atoms with Crippen LogP contribution >= 0.6 is 0 Å². The van der Waals surface area contributed by atoms with Crippen molar-refractivity contribution in [2.75, 3.05) is 20.3 Å². The Bertz CT molecular complexity index is 244. The average Bonchev–Trinajstić information content (AvgIpc) is 3.02. The van der Waals surface area contributed by atoms with Gasteiger partial charge in [0.25, 0.3) is 0 Å². The summed E-state index contributed by atoms with van der Waals surface area (Å²) in [7, 11) is 1.88. The van der Waals surface area contributed by atoms with E-state index in [1.165, 1.54) is 0 Å².